The average Bonchev–Trinajstić information content (AvgIpc) is 2.70. The molecule has 0 radical (unpaired) electrons. The molecule has 2 heterocycles. The van der Waals surface area contributed by atoms with Crippen molar-refractivity contribution in [2.24, 2.45) is 0 Å². The molecule has 12 heteroatoms. The Balaban J connectivity index is 1.79. The van der Waals surface area contributed by atoms with Crippen molar-refractivity contribution < 1.29 is 13.2 Å². The lowest BCUT2D eigenvalue weighted by molar-refractivity contribution is -0.117. The normalized spacial score (nSPS) is 15.9. The zero-order chi connectivity index (χ0) is 22.1. The van der Waals surface area contributed by atoms with E-state index in [2.05, 4.69) is 15.3 Å². The van der Waals surface area contributed by atoms with Gasteiger partial charge in [-0.15, -0.1) is 0 Å². The van der Waals surface area contributed by atoms with Gasteiger partial charge in [0, 0.05) is 31.9 Å². The second kappa shape index (κ2) is 9.03. The molecule has 1 aromatic heterocycles. The summed E-state index contributed by atoms with van der Waals surface area (Å²) in [4.78, 5) is 26.6. The van der Waals surface area contributed by atoms with Crippen molar-refractivity contribution in [1.82, 2.24) is 19.0 Å². The van der Waals surface area contributed by atoms with Gasteiger partial charge in [-0.2, -0.15) is 9.40 Å². The van der Waals surface area contributed by atoms with Crippen LogP contribution >= 0.6 is 23.2 Å². The molecule has 0 spiro atoms. The molecule has 1 saturated heterocycles. The number of halogens is 2. The first-order valence-electron chi connectivity index (χ1n) is 9.10. The number of sulfonamides is 1. The fourth-order valence-electron chi connectivity index (χ4n) is 3.02. The number of nitrogens with one attached hydrogen (secondary N) is 1. The van der Waals surface area contributed by atoms with Crippen LogP contribution < -0.4 is 10.9 Å². The van der Waals surface area contributed by atoms with Crippen molar-refractivity contribution in [3.8, 4) is 0 Å². The Morgan fingerprint density at radius 1 is 1.20 bits per heavy atom. The van der Waals surface area contributed by atoms with E-state index in [0.29, 0.717) is 37.4 Å². The number of amides is 1. The minimum atomic E-state index is -3.69. The Hall–Kier alpha value is -1.98. The standard InChI is InChI=1S/C18H21Cl2N5O4S/c1-12-3-4-13(9-15(12)30(28,29)24-7-5-23(2)6-8-24)22-16(26)11-25-18(27)17(20)14(19)10-21-25/h3-4,9-10H,5-8,11H2,1-2H3,(H,22,26). The van der Waals surface area contributed by atoms with E-state index in [1.165, 1.54) is 16.6 Å². The first-order chi connectivity index (χ1) is 14.1. The summed E-state index contributed by atoms with van der Waals surface area (Å²) >= 11 is 11.5. The Morgan fingerprint density at radius 3 is 2.53 bits per heavy atom. The SMILES string of the molecule is Cc1ccc(NC(=O)Cn2ncc(Cl)c(Cl)c2=O)cc1S(=O)(=O)N1CCN(C)CC1. The van der Waals surface area contributed by atoms with Gasteiger partial charge >= 0.3 is 0 Å². The van der Waals surface area contributed by atoms with Crippen molar-refractivity contribution >= 4 is 44.8 Å². The molecule has 0 atom stereocenters. The molecule has 1 aromatic carbocycles. The maximum Gasteiger partial charge on any atom is 0.287 e. The number of carbonyl (C=O) groups is 1. The van der Waals surface area contributed by atoms with Gasteiger partial charge in [0.2, 0.25) is 15.9 Å². The highest BCUT2D eigenvalue weighted by Crippen LogP contribution is 2.24. The maximum absolute atomic E-state index is 13.1. The van der Waals surface area contributed by atoms with Crippen LogP contribution in [0.15, 0.2) is 34.1 Å². The molecule has 1 amide bonds. The third-order valence-corrected chi connectivity index (χ3v) is 7.58. The fraction of sp³-hybridized carbons (Fsp3) is 0.389. The van der Waals surface area contributed by atoms with E-state index in [1.54, 1.807) is 19.1 Å². The minimum Gasteiger partial charge on any atom is -0.324 e. The van der Waals surface area contributed by atoms with E-state index in [0.717, 1.165) is 4.68 Å². The molecule has 0 saturated carbocycles. The summed E-state index contributed by atoms with van der Waals surface area (Å²) in [6, 6.07) is 4.65. The Kier molecular flexibility index (Phi) is 6.83. The number of likely N-dealkylation sites (N-methyl/N-ethyl adjacent to an activating group) is 1. The monoisotopic (exact) mass is 473 g/mol. The van der Waals surface area contributed by atoms with Crippen LogP contribution in [0.1, 0.15) is 5.56 Å². The number of aromatic nitrogens is 2. The summed E-state index contributed by atoms with van der Waals surface area (Å²) < 4.78 is 28.5. The van der Waals surface area contributed by atoms with Gasteiger partial charge in [0.25, 0.3) is 5.56 Å². The predicted molar refractivity (Wildman–Crippen MR) is 115 cm³/mol. The highest BCUT2D eigenvalue weighted by atomic mass is 35.5. The van der Waals surface area contributed by atoms with Crippen LogP contribution in [0.5, 0.6) is 0 Å². The molecule has 1 fully saturated rings. The van der Waals surface area contributed by atoms with Gasteiger partial charge in [-0.1, -0.05) is 29.3 Å². The zero-order valence-corrected chi connectivity index (χ0v) is 18.8. The van der Waals surface area contributed by atoms with Crippen LogP contribution in [0.25, 0.3) is 0 Å². The predicted octanol–water partition coefficient (Wildman–Crippen LogP) is 1.43. The Morgan fingerprint density at radius 2 is 1.87 bits per heavy atom. The van der Waals surface area contributed by atoms with Crippen LogP contribution in [0.3, 0.4) is 0 Å². The molecule has 1 aliphatic rings. The van der Waals surface area contributed by atoms with Crippen molar-refractivity contribution in [1.29, 1.82) is 0 Å². The summed E-state index contributed by atoms with van der Waals surface area (Å²) in [5, 5.41) is 6.14. The second-order valence-electron chi connectivity index (χ2n) is 7.01. The lowest BCUT2D eigenvalue weighted by Crippen LogP contribution is -2.47. The number of benzene rings is 1. The van der Waals surface area contributed by atoms with Crippen molar-refractivity contribution in [2.75, 3.05) is 38.5 Å². The third kappa shape index (κ3) is 4.84. The van der Waals surface area contributed by atoms with E-state index < -0.39 is 28.0 Å². The lowest BCUT2D eigenvalue weighted by atomic mass is 10.2. The number of piperazine rings is 1. The molecule has 1 aliphatic heterocycles. The first-order valence-corrected chi connectivity index (χ1v) is 11.3. The van der Waals surface area contributed by atoms with Crippen molar-refractivity contribution in [2.45, 2.75) is 18.4 Å². The maximum atomic E-state index is 13.1. The average molecular weight is 474 g/mol. The van der Waals surface area contributed by atoms with Crippen LogP contribution in [0.2, 0.25) is 10.0 Å². The molecule has 30 heavy (non-hydrogen) atoms. The summed E-state index contributed by atoms with van der Waals surface area (Å²) in [6.45, 7) is 3.42. The minimum absolute atomic E-state index is 0.00406. The largest absolute Gasteiger partial charge is 0.324 e. The van der Waals surface area contributed by atoms with Gasteiger partial charge in [-0.25, -0.2) is 13.1 Å². The van der Waals surface area contributed by atoms with Gasteiger partial charge in [0.05, 0.1) is 16.1 Å². The smallest absolute Gasteiger partial charge is 0.287 e. The number of rotatable bonds is 5. The van der Waals surface area contributed by atoms with E-state index in [1.807, 2.05) is 7.05 Å². The van der Waals surface area contributed by atoms with E-state index >= 15 is 0 Å². The topological polar surface area (TPSA) is 105 Å². The quantitative estimate of drug-likeness (QED) is 0.703. The van der Waals surface area contributed by atoms with Gasteiger partial charge in [-0.3, -0.25) is 9.59 Å². The molecule has 162 valence electrons. The molecule has 0 unspecified atom stereocenters. The summed E-state index contributed by atoms with van der Waals surface area (Å²) in [5.74, 6) is -0.560. The fourth-order valence-corrected chi connectivity index (χ4v) is 4.96. The summed E-state index contributed by atoms with van der Waals surface area (Å²) in [7, 11) is -1.75. The molecular formula is C18H21Cl2N5O4S. The molecule has 0 aliphatic carbocycles. The third-order valence-electron chi connectivity index (χ3n) is 4.79. The van der Waals surface area contributed by atoms with Crippen LogP contribution in [-0.2, 0) is 21.4 Å². The van der Waals surface area contributed by atoms with Gasteiger partial charge < -0.3 is 10.2 Å². The van der Waals surface area contributed by atoms with E-state index in [4.69, 9.17) is 23.2 Å². The number of hydrogen-bond acceptors (Lipinski definition) is 6. The highest BCUT2D eigenvalue weighted by Gasteiger charge is 2.29. The Labute approximate surface area is 184 Å². The van der Waals surface area contributed by atoms with Gasteiger partial charge in [0.1, 0.15) is 11.6 Å². The van der Waals surface area contributed by atoms with Crippen molar-refractivity contribution in [3.05, 3.63) is 50.4 Å². The number of anilines is 1. The van der Waals surface area contributed by atoms with Gasteiger partial charge in [-0.05, 0) is 31.7 Å². The van der Waals surface area contributed by atoms with E-state index in [9.17, 15) is 18.0 Å². The lowest BCUT2D eigenvalue weighted by Gasteiger charge is -2.32. The van der Waals surface area contributed by atoms with Crippen molar-refractivity contribution in [3.63, 3.8) is 0 Å². The van der Waals surface area contributed by atoms with Crippen LogP contribution in [0.4, 0.5) is 5.69 Å². The molecule has 2 aromatic rings. The number of nitrogens with zero attached hydrogens (tertiary/aromatic N) is 4. The van der Waals surface area contributed by atoms with Crippen LogP contribution in [-0.4, -0.2) is 66.5 Å². The molecule has 9 nitrogen and oxygen atoms in total. The Bertz CT molecular complexity index is 1130. The number of aryl methyl sites for hydroxylation is 1. The summed E-state index contributed by atoms with van der Waals surface area (Å²) in [6.07, 6.45) is 1.17. The van der Waals surface area contributed by atoms with E-state index in [-0.39, 0.29) is 14.9 Å². The highest BCUT2D eigenvalue weighted by molar-refractivity contribution is 7.89. The molecule has 0 bridgehead atoms. The van der Waals surface area contributed by atoms with Crippen LogP contribution in [0, 0.1) is 6.92 Å². The number of carbonyl (C=O) groups excluding carboxylic acids is 1. The molecular weight excluding hydrogens is 453 g/mol. The molecule has 1 N–H and O–H groups in total. The first kappa shape index (κ1) is 22.7. The van der Waals surface area contributed by atoms with Gasteiger partial charge in [0.15, 0.2) is 0 Å². The summed E-state index contributed by atoms with van der Waals surface area (Å²) in [5.41, 5.74) is 0.183. The molecule has 3 rings (SSSR count). The number of hydrogen-bond donors (Lipinski definition) is 1. The zero-order valence-electron chi connectivity index (χ0n) is 16.4. The second-order valence-corrected chi connectivity index (χ2v) is 9.70.